The van der Waals surface area contributed by atoms with Gasteiger partial charge in [-0.2, -0.15) is 0 Å². The third-order valence-electron chi connectivity index (χ3n) is 3.90. The zero-order valence-corrected chi connectivity index (χ0v) is 14.6. The molecule has 0 aliphatic heterocycles. The number of carbonyl (C=O) groups is 1. The Morgan fingerprint density at radius 3 is 2.20 bits per heavy atom. The number of hydrogen-bond acceptors (Lipinski definition) is 5. The molecule has 0 saturated carbocycles. The lowest BCUT2D eigenvalue weighted by Gasteiger charge is -2.11. The van der Waals surface area contributed by atoms with E-state index < -0.39 is 12.0 Å². The summed E-state index contributed by atoms with van der Waals surface area (Å²) < 4.78 is 11.0. The molecule has 5 heteroatoms. The van der Waals surface area contributed by atoms with Crippen molar-refractivity contribution in [2.45, 2.75) is 38.8 Å². The molecule has 0 saturated heterocycles. The number of ether oxygens (including phenoxy) is 2. The Labute approximate surface area is 148 Å². The number of hydrogen-bond donors (Lipinski definition) is 2. The molecule has 1 unspecified atom stereocenters. The summed E-state index contributed by atoms with van der Waals surface area (Å²) in [6, 6.07) is 14.6. The number of nitrogens with two attached hydrogens (primary N) is 2. The number of benzene rings is 2. The van der Waals surface area contributed by atoms with Gasteiger partial charge in [0.05, 0.1) is 0 Å². The van der Waals surface area contributed by atoms with Crippen molar-refractivity contribution in [3.8, 4) is 11.5 Å². The predicted molar refractivity (Wildman–Crippen MR) is 98.5 cm³/mol. The Balaban J connectivity index is 1.83. The second-order valence-electron chi connectivity index (χ2n) is 5.89. The fraction of sp³-hybridized carbons (Fsp3) is 0.350. The number of carbonyl (C=O) groups excluding carboxylic acids is 1. The van der Waals surface area contributed by atoms with Gasteiger partial charge in [0.25, 0.3) is 0 Å². The van der Waals surface area contributed by atoms with E-state index in [0.29, 0.717) is 37.5 Å². The summed E-state index contributed by atoms with van der Waals surface area (Å²) in [5, 5.41) is 0. The summed E-state index contributed by atoms with van der Waals surface area (Å²) in [4.78, 5) is 11.8. The van der Waals surface area contributed by atoms with Crippen LogP contribution in [0.25, 0.3) is 0 Å². The van der Waals surface area contributed by atoms with Crippen molar-refractivity contribution in [3.05, 3.63) is 59.7 Å². The highest BCUT2D eigenvalue weighted by Gasteiger charge is 2.15. The second kappa shape index (κ2) is 9.81. The van der Waals surface area contributed by atoms with Crippen LogP contribution < -0.4 is 20.9 Å². The van der Waals surface area contributed by atoms with Crippen LogP contribution in [0.15, 0.2) is 48.5 Å². The lowest BCUT2D eigenvalue weighted by molar-refractivity contribution is -0.136. The second-order valence-corrected chi connectivity index (χ2v) is 5.89. The lowest BCUT2D eigenvalue weighted by atomic mass is 10.1. The van der Waals surface area contributed by atoms with Gasteiger partial charge >= 0.3 is 5.97 Å². The topological polar surface area (TPSA) is 87.6 Å². The minimum absolute atomic E-state index is 0.446. The van der Waals surface area contributed by atoms with Crippen molar-refractivity contribution in [2.75, 3.05) is 6.54 Å². The fourth-order valence-electron chi connectivity index (χ4n) is 2.29. The number of aryl methyl sites for hydroxylation is 1. The van der Waals surface area contributed by atoms with Gasteiger partial charge in [-0.25, -0.2) is 4.79 Å². The molecule has 0 aliphatic rings. The third-order valence-corrected chi connectivity index (χ3v) is 3.90. The van der Waals surface area contributed by atoms with E-state index >= 15 is 0 Å². The molecule has 0 fully saturated rings. The average Bonchev–Trinajstić information content (AvgIpc) is 2.65. The Morgan fingerprint density at radius 1 is 1.00 bits per heavy atom. The van der Waals surface area contributed by atoms with Crippen LogP contribution in [0.2, 0.25) is 0 Å². The molecule has 0 amide bonds. The summed E-state index contributed by atoms with van der Waals surface area (Å²) in [5.41, 5.74) is 13.6. The summed E-state index contributed by atoms with van der Waals surface area (Å²) in [5.74, 6) is 0.720. The number of rotatable bonds is 9. The third kappa shape index (κ3) is 6.21. The molecule has 0 radical (unpaired) electrons. The van der Waals surface area contributed by atoms with Gasteiger partial charge in [0, 0.05) is 0 Å². The van der Waals surface area contributed by atoms with Crippen molar-refractivity contribution >= 4 is 5.97 Å². The van der Waals surface area contributed by atoms with Crippen LogP contribution in [0.1, 0.15) is 30.9 Å². The van der Waals surface area contributed by atoms with Gasteiger partial charge in [0.1, 0.15) is 24.1 Å². The molecule has 2 rings (SSSR count). The number of esters is 1. The molecule has 25 heavy (non-hydrogen) atoms. The molecule has 0 aliphatic carbocycles. The Bertz CT molecular complexity index is 654. The Hall–Kier alpha value is -2.37. The van der Waals surface area contributed by atoms with E-state index in [1.54, 1.807) is 24.3 Å². The highest BCUT2D eigenvalue weighted by atomic mass is 16.5. The maximum atomic E-state index is 11.8. The molecule has 0 spiro atoms. The largest absolute Gasteiger partial charge is 0.489 e. The van der Waals surface area contributed by atoms with E-state index in [9.17, 15) is 4.79 Å². The van der Waals surface area contributed by atoms with Crippen molar-refractivity contribution in [1.82, 2.24) is 0 Å². The highest BCUT2D eigenvalue weighted by molar-refractivity contribution is 5.77. The summed E-state index contributed by atoms with van der Waals surface area (Å²) in [6.45, 7) is 3.13. The predicted octanol–water partition coefficient (Wildman–Crippen LogP) is 2.80. The first-order valence-corrected chi connectivity index (χ1v) is 8.60. The van der Waals surface area contributed by atoms with Crippen LogP contribution in [0.4, 0.5) is 0 Å². The van der Waals surface area contributed by atoms with Crippen LogP contribution in [0.3, 0.4) is 0 Å². The SMILES string of the molecule is CCc1ccc(COc2ccc(OC(=O)C(N)CCCN)cc2)cc1. The molecule has 5 nitrogen and oxygen atoms in total. The standard InChI is InChI=1S/C20H26N2O3/c1-2-15-5-7-16(8-6-15)14-24-17-9-11-18(12-10-17)25-20(23)19(22)4-3-13-21/h5-12,19H,2-4,13-14,21-22H2,1H3. The van der Waals surface area contributed by atoms with Crippen molar-refractivity contribution < 1.29 is 14.3 Å². The van der Waals surface area contributed by atoms with Crippen LogP contribution in [-0.2, 0) is 17.8 Å². The van der Waals surface area contributed by atoms with Crippen LogP contribution >= 0.6 is 0 Å². The van der Waals surface area contributed by atoms with E-state index in [1.165, 1.54) is 5.56 Å². The molecular weight excluding hydrogens is 316 g/mol. The molecule has 0 heterocycles. The Kier molecular flexibility index (Phi) is 7.44. The summed E-state index contributed by atoms with van der Waals surface area (Å²) in [7, 11) is 0. The van der Waals surface area contributed by atoms with Gasteiger partial charge in [-0.3, -0.25) is 0 Å². The van der Waals surface area contributed by atoms with Crippen LogP contribution in [0.5, 0.6) is 11.5 Å². The zero-order valence-electron chi connectivity index (χ0n) is 14.6. The fourth-order valence-corrected chi connectivity index (χ4v) is 2.29. The quantitative estimate of drug-likeness (QED) is 0.540. The van der Waals surface area contributed by atoms with Crippen LogP contribution in [0, 0.1) is 0 Å². The maximum Gasteiger partial charge on any atom is 0.328 e. The molecule has 0 bridgehead atoms. The van der Waals surface area contributed by atoms with Crippen molar-refractivity contribution in [2.24, 2.45) is 11.5 Å². The van der Waals surface area contributed by atoms with E-state index in [2.05, 4.69) is 31.2 Å². The molecular formula is C20H26N2O3. The van der Waals surface area contributed by atoms with Gasteiger partial charge in [-0.05, 0) is 61.2 Å². The lowest BCUT2D eigenvalue weighted by Crippen LogP contribution is -2.34. The minimum Gasteiger partial charge on any atom is -0.489 e. The maximum absolute atomic E-state index is 11.8. The first-order chi connectivity index (χ1) is 12.1. The molecule has 0 aromatic heterocycles. The molecule has 4 N–H and O–H groups in total. The van der Waals surface area contributed by atoms with Gasteiger partial charge in [0.15, 0.2) is 0 Å². The summed E-state index contributed by atoms with van der Waals surface area (Å²) in [6.07, 6.45) is 2.24. The molecule has 134 valence electrons. The van der Waals surface area contributed by atoms with Crippen molar-refractivity contribution in [1.29, 1.82) is 0 Å². The van der Waals surface area contributed by atoms with E-state index in [0.717, 1.165) is 12.0 Å². The molecule has 1 atom stereocenters. The van der Waals surface area contributed by atoms with Gasteiger partial charge in [-0.1, -0.05) is 31.2 Å². The zero-order chi connectivity index (χ0) is 18.1. The highest BCUT2D eigenvalue weighted by Crippen LogP contribution is 2.19. The molecule has 2 aromatic rings. The van der Waals surface area contributed by atoms with Gasteiger partial charge in [0.2, 0.25) is 0 Å². The normalized spacial score (nSPS) is 11.8. The van der Waals surface area contributed by atoms with Crippen LogP contribution in [-0.4, -0.2) is 18.6 Å². The monoisotopic (exact) mass is 342 g/mol. The van der Waals surface area contributed by atoms with E-state index in [4.69, 9.17) is 20.9 Å². The minimum atomic E-state index is -0.648. The van der Waals surface area contributed by atoms with E-state index in [1.807, 2.05) is 0 Å². The first-order valence-electron chi connectivity index (χ1n) is 8.60. The average molecular weight is 342 g/mol. The molecule has 2 aromatic carbocycles. The Morgan fingerprint density at radius 2 is 1.60 bits per heavy atom. The summed E-state index contributed by atoms with van der Waals surface area (Å²) >= 11 is 0. The van der Waals surface area contributed by atoms with Crippen molar-refractivity contribution in [3.63, 3.8) is 0 Å². The smallest absolute Gasteiger partial charge is 0.328 e. The van der Waals surface area contributed by atoms with Gasteiger partial charge in [-0.15, -0.1) is 0 Å². The van der Waals surface area contributed by atoms with E-state index in [-0.39, 0.29) is 0 Å². The first kappa shape index (κ1) is 19.0. The van der Waals surface area contributed by atoms with Gasteiger partial charge < -0.3 is 20.9 Å².